The molecule has 2 N–H and O–H groups in total. The van der Waals surface area contributed by atoms with Gasteiger partial charge < -0.3 is 10.5 Å². The highest BCUT2D eigenvalue weighted by atomic mass is 35.5. The second kappa shape index (κ2) is 7.17. The van der Waals surface area contributed by atoms with Crippen LogP contribution < -0.4 is 10.5 Å². The van der Waals surface area contributed by atoms with Gasteiger partial charge in [-0.25, -0.2) is 0 Å². The molecular weight excluding hydrogens is 295 g/mol. The van der Waals surface area contributed by atoms with E-state index in [9.17, 15) is 0 Å². The van der Waals surface area contributed by atoms with Crippen LogP contribution in [0.5, 0.6) is 5.75 Å². The SMILES string of the molecule is NC(COc1ccc(Cl)c(Cl)c1)=NCc1ccccc1. The van der Waals surface area contributed by atoms with Crippen molar-refractivity contribution in [1.82, 2.24) is 0 Å². The molecule has 0 saturated heterocycles. The molecule has 0 bridgehead atoms. The van der Waals surface area contributed by atoms with Gasteiger partial charge in [0, 0.05) is 6.07 Å². The normalized spacial score (nSPS) is 11.4. The third-order valence-corrected chi connectivity index (χ3v) is 3.32. The second-order valence-electron chi connectivity index (χ2n) is 4.16. The quantitative estimate of drug-likeness (QED) is 0.672. The molecule has 0 aliphatic rings. The first-order valence-electron chi connectivity index (χ1n) is 6.06. The van der Waals surface area contributed by atoms with E-state index in [1.54, 1.807) is 18.2 Å². The number of ether oxygens (including phenoxy) is 1. The molecule has 2 rings (SSSR count). The van der Waals surface area contributed by atoms with E-state index in [-0.39, 0.29) is 6.61 Å². The van der Waals surface area contributed by atoms with E-state index in [4.69, 9.17) is 33.7 Å². The zero-order valence-electron chi connectivity index (χ0n) is 10.7. The number of nitrogens with zero attached hydrogens (tertiary/aromatic N) is 1. The van der Waals surface area contributed by atoms with E-state index in [2.05, 4.69) is 4.99 Å². The van der Waals surface area contributed by atoms with E-state index in [1.807, 2.05) is 30.3 Å². The summed E-state index contributed by atoms with van der Waals surface area (Å²) in [6.07, 6.45) is 0. The summed E-state index contributed by atoms with van der Waals surface area (Å²) in [6.45, 7) is 0.752. The molecule has 0 spiro atoms. The van der Waals surface area contributed by atoms with Crippen molar-refractivity contribution in [1.29, 1.82) is 0 Å². The molecule has 20 heavy (non-hydrogen) atoms. The number of nitrogens with two attached hydrogens (primary N) is 1. The minimum absolute atomic E-state index is 0.213. The zero-order valence-corrected chi connectivity index (χ0v) is 12.2. The average Bonchev–Trinajstić information content (AvgIpc) is 2.47. The number of aliphatic imine (C=N–C) groups is 1. The molecule has 0 saturated carbocycles. The summed E-state index contributed by atoms with van der Waals surface area (Å²) in [5.74, 6) is 1.04. The van der Waals surface area contributed by atoms with Gasteiger partial charge in [-0.05, 0) is 17.7 Å². The predicted octanol–water partition coefficient (Wildman–Crippen LogP) is 3.93. The number of benzene rings is 2. The number of rotatable bonds is 5. The van der Waals surface area contributed by atoms with Gasteiger partial charge in [0.1, 0.15) is 18.2 Å². The third kappa shape index (κ3) is 4.44. The summed E-state index contributed by atoms with van der Waals surface area (Å²) in [5, 5.41) is 0.939. The molecule has 2 aromatic rings. The Morgan fingerprint density at radius 3 is 2.50 bits per heavy atom. The highest BCUT2D eigenvalue weighted by Crippen LogP contribution is 2.26. The first-order chi connectivity index (χ1) is 9.65. The van der Waals surface area contributed by atoms with Gasteiger partial charge in [0.05, 0.1) is 16.6 Å². The average molecular weight is 309 g/mol. The van der Waals surface area contributed by atoms with Crippen molar-refractivity contribution in [3.8, 4) is 5.75 Å². The Kier molecular flexibility index (Phi) is 5.27. The molecule has 0 aliphatic carbocycles. The van der Waals surface area contributed by atoms with E-state index < -0.39 is 0 Å². The van der Waals surface area contributed by atoms with Crippen LogP contribution in [0.15, 0.2) is 53.5 Å². The van der Waals surface area contributed by atoms with Crippen molar-refractivity contribution in [2.24, 2.45) is 10.7 Å². The Morgan fingerprint density at radius 2 is 1.80 bits per heavy atom. The minimum atomic E-state index is 0.213. The molecule has 2 aromatic carbocycles. The fourth-order valence-corrected chi connectivity index (χ4v) is 1.83. The summed E-state index contributed by atoms with van der Waals surface area (Å²) < 4.78 is 5.49. The Labute approximate surface area is 128 Å². The first-order valence-corrected chi connectivity index (χ1v) is 6.81. The lowest BCUT2D eigenvalue weighted by Gasteiger charge is -2.07. The lowest BCUT2D eigenvalue weighted by molar-refractivity contribution is 0.375. The van der Waals surface area contributed by atoms with E-state index >= 15 is 0 Å². The van der Waals surface area contributed by atoms with Gasteiger partial charge in [0.15, 0.2) is 0 Å². The highest BCUT2D eigenvalue weighted by molar-refractivity contribution is 6.42. The molecule has 0 heterocycles. The summed E-state index contributed by atoms with van der Waals surface area (Å²) in [4.78, 5) is 4.26. The fraction of sp³-hybridized carbons (Fsp3) is 0.133. The molecule has 0 radical (unpaired) electrons. The van der Waals surface area contributed by atoms with Gasteiger partial charge in [0.25, 0.3) is 0 Å². The van der Waals surface area contributed by atoms with Crippen LogP contribution >= 0.6 is 23.2 Å². The molecule has 0 aliphatic heterocycles. The largest absolute Gasteiger partial charge is 0.486 e. The van der Waals surface area contributed by atoms with E-state index in [1.165, 1.54) is 0 Å². The van der Waals surface area contributed by atoms with Gasteiger partial charge in [-0.2, -0.15) is 0 Å². The Hall–Kier alpha value is -1.71. The van der Waals surface area contributed by atoms with Crippen molar-refractivity contribution < 1.29 is 4.74 Å². The van der Waals surface area contributed by atoms with Crippen LogP contribution in [0.25, 0.3) is 0 Å². The monoisotopic (exact) mass is 308 g/mol. The maximum absolute atomic E-state index is 5.90. The zero-order chi connectivity index (χ0) is 14.4. The molecule has 5 heteroatoms. The summed E-state index contributed by atoms with van der Waals surface area (Å²) in [6, 6.07) is 14.9. The Balaban J connectivity index is 1.88. The second-order valence-corrected chi connectivity index (χ2v) is 4.97. The standard InChI is InChI=1S/C15H14Cl2N2O/c16-13-7-6-12(8-14(13)17)20-10-15(18)19-9-11-4-2-1-3-5-11/h1-8H,9-10H2,(H2,18,19). The number of hydrogen-bond donors (Lipinski definition) is 1. The van der Waals surface area contributed by atoms with Crippen LogP contribution in [0.2, 0.25) is 10.0 Å². The smallest absolute Gasteiger partial charge is 0.145 e. The van der Waals surface area contributed by atoms with Crippen molar-refractivity contribution in [3.63, 3.8) is 0 Å². The molecule has 0 atom stereocenters. The molecular formula is C15H14Cl2N2O. The number of halogens is 2. The van der Waals surface area contributed by atoms with E-state index in [0.717, 1.165) is 5.56 Å². The molecule has 0 unspecified atom stereocenters. The highest BCUT2D eigenvalue weighted by Gasteiger charge is 2.01. The van der Waals surface area contributed by atoms with Crippen LogP contribution in [0, 0.1) is 0 Å². The fourth-order valence-electron chi connectivity index (χ4n) is 1.55. The number of hydrogen-bond acceptors (Lipinski definition) is 2. The minimum Gasteiger partial charge on any atom is -0.486 e. The van der Waals surface area contributed by atoms with E-state index in [0.29, 0.717) is 28.2 Å². The van der Waals surface area contributed by atoms with Gasteiger partial charge >= 0.3 is 0 Å². The summed E-state index contributed by atoms with van der Waals surface area (Å²) >= 11 is 11.7. The van der Waals surface area contributed by atoms with Crippen LogP contribution in [0.1, 0.15) is 5.56 Å². The van der Waals surface area contributed by atoms with Crippen LogP contribution in [0.4, 0.5) is 0 Å². The van der Waals surface area contributed by atoms with Crippen molar-refractivity contribution in [2.45, 2.75) is 6.54 Å². The molecule has 104 valence electrons. The lowest BCUT2D eigenvalue weighted by Crippen LogP contribution is -2.21. The third-order valence-electron chi connectivity index (χ3n) is 2.59. The molecule has 0 amide bonds. The molecule has 3 nitrogen and oxygen atoms in total. The summed E-state index contributed by atoms with van der Waals surface area (Å²) in [7, 11) is 0. The first kappa shape index (κ1) is 14.7. The van der Waals surface area contributed by atoms with Crippen molar-refractivity contribution in [3.05, 3.63) is 64.1 Å². The van der Waals surface area contributed by atoms with Crippen molar-refractivity contribution in [2.75, 3.05) is 6.61 Å². The van der Waals surface area contributed by atoms with Crippen LogP contribution in [-0.2, 0) is 6.54 Å². The molecule has 0 aromatic heterocycles. The number of amidine groups is 1. The lowest BCUT2D eigenvalue weighted by atomic mass is 10.2. The molecule has 0 fully saturated rings. The predicted molar refractivity (Wildman–Crippen MR) is 83.7 cm³/mol. The Bertz CT molecular complexity index is 600. The van der Waals surface area contributed by atoms with Gasteiger partial charge in [-0.15, -0.1) is 0 Å². The maximum atomic E-state index is 5.90. The topological polar surface area (TPSA) is 47.6 Å². The van der Waals surface area contributed by atoms with Gasteiger partial charge in [0.2, 0.25) is 0 Å². The van der Waals surface area contributed by atoms with Gasteiger partial charge in [-0.3, -0.25) is 4.99 Å². The van der Waals surface area contributed by atoms with Crippen molar-refractivity contribution >= 4 is 29.0 Å². The Morgan fingerprint density at radius 1 is 1.05 bits per heavy atom. The van der Waals surface area contributed by atoms with Gasteiger partial charge in [-0.1, -0.05) is 53.5 Å². The maximum Gasteiger partial charge on any atom is 0.145 e. The van der Waals surface area contributed by atoms with Crippen LogP contribution in [-0.4, -0.2) is 12.4 Å². The van der Waals surface area contributed by atoms with Crippen LogP contribution in [0.3, 0.4) is 0 Å². The summed E-state index contributed by atoms with van der Waals surface area (Å²) in [5.41, 5.74) is 6.91.